The zero-order valence-electron chi connectivity index (χ0n) is 15.9. The second-order valence-corrected chi connectivity index (χ2v) is 6.61. The lowest BCUT2D eigenvalue weighted by Gasteiger charge is -2.19. The second kappa shape index (κ2) is 9.92. The van der Waals surface area contributed by atoms with Crippen molar-refractivity contribution in [3.63, 3.8) is 0 Å². The van der Waals surface area contributed by atoms with E-state index in [1.165, 1.54) is 22.3 Å². The standard InChI is InChI=1S/C22H32N2/c1-8-23-15-17(4)12-13-18(5)24-19(6)14-21-10-9-11-22(16(2)3)20(21)7/h8-11,15,19,24H,2,5,12-14H2,1,3-4,6-7H3/b17-15+,23-8?. The highest BCUT2D eigenvalue weighted by atomic mass is 14.9. The van der Waals surface area contributed by atoms with E-state index in [0.717, 1.165) is 30.5 Å². The zero-order valence-corrected chi connectivity index (χ0v) is 15.9. The van der Waals surface area contributed by atoms with Gasteiger partial charge in [-0.1, -0.05) is 42.5 Å². The minimum Gasteiger partial charge on any atom is -0.386 e. The highest BCUT2D eigenvalue weighted by molar-refractivity contribution is 5.65. The van der Waals surface area contributed by atoms with Crippen molar-refractivity contribution in [2.24, 2.45) is 4.99 Å². The van der Waals surface area contributed by atoms with Crippen molar-refractivity contribution in [1.29, 1.82) is 0 Å². The van der Waals surface area contributed by atoms with Gasteiger partial charge in [0.05, 0.1) is 0 Å². The topological polar surface area (TPSA) is 24.4 Å². The van der Waals surface area contributed by atoms with Crippen LogP contribution in [0.3, 0.4) is 0 Å². The van der Waals surface area contributed by atoms with E-state index in [1.807, 2.05) is 13.1 Å². The van der Waals surface area contributed by atoms with Crippen LogP contribution in [0.15, 0.2) is 53.8 Å². The summed E-state index contributed by atoms with van der Waals surface area (Å²) in [5.74, 6) is 0. The third kappa shape index (κ3) is 6.57. The van der Waals surface area contributed by atoms with Crippen molar-refractivity contribution in [3.05, 3.63) is 65.5 Å². The van der Waals surface area contributed by atoms with Crippen LogP contribution in [0.1, 0.15) is 57.2 Å². The fourth-order valence-corrected chi connectivity index (χ4v) is 2.78. The van der Waals surface area contributed by atoms with Gasteiger partial charge in [0.15, 0.2) is 0 Å². The van der Waals surface area contributed by atoms with Crippen molar-refractivity contribution in [3.8, 4) is 0 Å². The number of nitrogens with zero attached hydrogens (tertiary/aromatic N) is 1. The number of aliphatic imine (C=N–C) groups is 1. The summed E-state index contributed by atoms with van der Waals surface area (Å²) in [6, 6.07) is 6.83. The van der Waals surface area contributed by atoms with Gasteiger partial charge >= 0.3 is 0 Å². The maximum absolute atomic E-state index is 4.17. The molecule has 0 fully saturated rings. The molecule has 0 radical (unpaired) electrons. The summed E-state index contributed by atoms with van der Waals surface area (Å²) in [6.07, 6.45) is 6.64. The van der Waals surface area contributed by atoms with E-state index in [4.69, 9.17) is 0 Å². The van der Waals surface area contributed by atoms with Gasteiger partial charge in [0.1, 0.15) is 0 Å². The second-order valence-electron chi connectivity index (χ2n) is 6.61. The number of nitrogens with one attached hydrogen (secondary N) is 1. The molecule has 1 aromatic rings. The molecular weight excluding hydrogens is 292 g/mol. The number of rotatable bonds is 9. The predicted molar refractivity (Wildman–Crippen MR) is 108 cm³/mol. The highest BCUT2D eigenvalue weighted by Crippen LogP contribution is 2.21. The number of hydrogen-bond acceptors (Lipinski definition) is 2. The Kier molecular flexibility index (Phi) is 8.25. The molecule has 130 valence electrons. The maximum atomic E-state index is 4.17. The molecule has 1 unspecified atom stereocenters. The summed E-state index contributed by atoms with van der Waals surface area (Å²) in [5.41, 5.74) is 7.45. The minimum atomic E-state index is 0.356. The smallest absolute Gasteiger partial charge is 0.0270 e. The Hall–Kier alpha value is -2.09. The first kappa shape index (κ1) is 20.0. The fourth-order valence-electron chi connectivity index (χ4n) is 2.78. The van der Waals surface area contributed by atoms with E-state index >= 15 is 0 Å². The van der Waals surface area contributed by atoms with Crippen LogP contribution >= 0.6 is 0 Å². The van der Waals surface area contributed by atoms with Crippen LogP contribution in [0.2, 0.25) is 0 Å². The summed E-state index contributed by atoms with van der Waals surface area (Å²) in [6.45, 7) is 18.7. The van der Waals surface area contributed by atoms with Crippen LogP contribution in [0, 0.1) is 6.92 Å². The fraction of sp³-hybridized carbons (Fsp3) is 0.409. The Bertz CT molecular complexity index is 635. The number of allylic oxidation sites excluding steroid dienone is 3. The normalized spacial score (nSPS) is 13.1. The van der Waals surface area contributed by atoms with Gasteiger partial charge in [-0.15, -0.1) is 0 Å². The third-order valence-electron chi connectivity index (χ3n) is 4.15. The summed E-state index contributed by atoms with van der Waals surface area (Å²) in [4.78, 5) is 4.15. The summed E-state index contributed by atoms with van der Waals surface area (Å²) >= 11 is 0. The van der Waals surface area contributed by atoms with Crippen LogP contribution in [0.25, 0.3) is 5.57 Å². The Labute approximate surface area is 148 Å². The van der Waals surface area contributed by atoms with Crippen LogP contribution in [0.5, 0.6) is 0 Å². The van der Waals surface area contributed by atoms with Gasteiger partial charge in [-0.05, 0) is 70.6 Å². The van der Waals surface area contributed by atoms with Gasteiger partial charge in [-0.2, -0.15) is 0 Å². The molecule has 24 heavy (non-hydrogen) atoms. The van der Waals surface area contributed by atoms with Crippen LogP contribution in [-0.4, -0.2) is 12.3 Å². The van der Waals surface area contributed by atoms with Crippen molar-refractivity contribution < 1.29 is 0 Å². The monoisotopic (exact) mass is 324 g/mol. The lowest BCUT2D eigenvalue weighted by Crippen LogP contribution is -2.27. The summed E-state index contributed by atoms with van der Waals surface area (Å²) < 4.78 is 0. The molecule has 0 aliphatic rings. The van der Waals surface area contributed by atoms with Gasteiger partial charge in [0.2, 0.25) is 0 Å². The highest BCUT2D eigenvalue weighted by Gasteiger charge is 2.09. The van der Waals surface area contributed by atoms with Gasteiger partial charge in [-0.3, -0.25) is 4.99 Å². The predicted octanol–water partition coefficient (Wildman–Crippen LogP) is 5.84. The molecule has 0 aromatic heterocycles. The first-order valence-electron chi connectivity index (χ1n) is 8.67. The molecular formula is C22H32N2. The Morgan fingerprint density at radius 1 is 1.25 bits per heavy atom. The van der Waals surface area contributed by atoms with Gasteiger partial charge in [-0.25, -0.2) is 0 Å². The molecule has 1 aromatic carbocycles. The van der Waals surface area contributed by atoms with Crippen LogP contribution in [0.4, 0.5) is 0 Å². The van der Waals surface area contributed by atoms with Gasteiger partial charge in [0, 0.05) is 24.2 Å². The van der Waals surface area contributed by atoms with Crippen LogP contribution < -0.4 is 5.32 Å². The molecule has 0 aliphatic heterocycles. The Morgan fingerprint density at radius 3 is 2.58 bits per heavy atom. The van der Waals surface area contributed by atoms with E-state index in [1.54, 1.807) is 6.21 Å². The first-order valence-corrected chi connectivity index (χ1v) is 8.67. The molecule has 0 amide bonds. The molecule has 1 N–H and O–H groups in total. The summed E-state index contributed by atoms with van der Waals surface area (Å²) in [7, 11) is 0. The van der Waals surface area contributed by atoms with Crippen LogP contribution in [-0.2, 0) is 6.42 Å². The lowest BCUT2D eigenvalue weighted by molar-refractivity contribution is 0.591. The SMILES string of the molecule is C=C(CC/C(C)=C/N=CC)NC(C)Cc1cccc(C(=C)C)c1C. The van der Waals surface area contributed by atoms with Crippen molar-refractivity contribution >= 4 is 11.8 Å². The average molecular weight is 325 g/mol. The van der Waals surface area contributed by atoms with Gasteiger partial charge in [0.25, 0.3) is 0 Å². The van der Waals surface area contributed by atoms with E-state index in [9.17, 15) is 0 Å². The molecule has 0 saturated carbocycles. The molecule has 1 rings (SSSR count). The molecule has 0 spiro atoms. The molecule has 2 nitrogen and oxygen atoms in total. The lowest BCUT2D eigenvalue weighted by atomic mass is 9.94. The molecule has 1 atom stereocenters. The Morgan fingerprint density at radius 2 is 1.96 bits per heavy atom. The maximum Gasteiger partial charge on any atom is 0.0270 e. The molecule has 0 bridgehead atoms. The molecule has 0 heterocycles. The number of hydrogen-bond donors (Lipinski definition) is 1. The van der Waals surface area contributed by atoms with Crippen molar-refractivity contribution in [1.82, 2.24) is 5.32 Å². The first-order chi connectivity index (χ1) is 11.3. The molecule has 2 heteroatoms. The van der Waals surface area contributed by atoms with E-state index < -0.39 is 0 Å². The van der Waals surface area contributed by atoms with Crippen molar-refractivity contribution in [2.75, 3.05) is 0 Å². The molecule has 0 saturated heterocycles. The van der Waals surface area contributed by atoms with E-state index in [0.29, 0.717) is 6.04 Å². The summed E-state index contributed by atoms with van der Waals surface area (Å²) in [5, 5.41) is 3.53. The largest absolute Gasteiger partial charge is 0.386 e. The molecule has 0 aliphatic carbocycles. The zero-order chi connectivity index (χ0) is 18.1. The van der Waals surface area contributed by atoms with Gasteiger partial charge < -0.3 is 5.32 Å². The quantitative estimate of drug-likeness (QED) is 0.567. The Balaban J connectivity index is 2.57. The average Bonchev–Trinajstić information content (AvgIpc) is 2.52. The van der Waals surface area contributed by atoms with E-state index in [2.05, 4.69) is 69.4 Å². The minimum absolute atomic E-state index is 0.356. The van der Waals surface area contributed by atoms with Crippen molar-refractivity contribution in [2.45, 2.75) is 59.9 Å². The number of benzene rings is 1. The third-order valence-corrected chi connectivity index (χ3v) is 4.15. The van der Waals surface area contributed by atoms with E-state index in [-0.39, 0.29) is 0 Å².